The van der Waals surface area contributed by atoms with Gasteiger partial charge in [-0.3, -0.25) is 0 Å². The van der Waals surface area contributed by atoms with E-state index in [4.69, 9.17) is 9.84 Å². The molecule has 0 saturated carbocycles. The van der Waals surface area contributed by atoms with Crippen LogP contribution in [0.2, 0.25) is 0 Å². The summed E-state index contributed by atoms with van der Waals surface area (Å²) in [5.41, 5.74) is -1.60. The van der Waals surface area contributed by atoms with Gasteiger partial charge in [0.2, 0.25) is 0 Å². The van der Waals surface area contributed by atoms with Crippen molar-refractivity contribution in [3.05, 3.63) is 29.8 Å². The Labute approximate surface area is 132 Å². The van der Waals surface area contributed by atoms with Gasteiger partial charge < -0.3 is 40.5 Å². The van der Waals surface area contributed by atoms with E-state index in [2.05, 4.69) is 0 Å². The van der Waals surface area contributed by atoms with Crippen molar-refractivity contribution in [1.82, 2.24) is 0 Å². The lowest BCUT2D eigenvalue weighted by Gasteiger charge is -2.46. The van der Waals surface area contributed by atoms with Crippen molar-refractivity contribution in [1.29, 1.82) is 0 Å². The monoisotopic (exact) mass is 328 g/mol. The molecule has 7 N–H and O–H groups in total. The van der Waals surface area contributed by atoms with E-state index in [1.54, 1.807) is 0 Å². The molecule has 8 nitrogen and oxygen atoms in total. The van der Waals surface area contributed by atoms with Crippen LogP contribution in [0, 0.1) is 0 Å². The third-order valence-electron chi connectivity index (χ3n) is 3.90. The Morgan fingerprint density at radius 1 is 1.09 bits per heavy atom. The normalized spacial score (nSPS) is 34.8. The molecule has 0 aromatic heterocycles. The highest BCUT2D eigenvalue weighted by Crippen LogP contribution is 2.32. The first-order chi connectivity index (χ1) is 10.8. The first-order valence-corrected chi connectivity index (χ1v) is 7.01. The highest BCUT2D eigenvalue weighted by Gasteiger charge is 2.53. The zero-order chi connectivity index (χ0) is 17.2. The van der Waals surface area contributed by atoms with Gasteiger partial charge in [-0.25, -0.2) is 0 Å². The van der Waals surface area contributed by atoms with E-state index in [1.165, 1.54) is 30.4 Å². The number of rotatable bonds is 4. The second kappa shape index (κ2) is 6.83. The Morgan fingerprint density at radius 2 is 1.78 bits per heavy atom. The number of benzene rings is 1. The fourth-order valence-corrected chi connectivity index (χ4v) is 2.48. The quantitative estimate of drug-likeness (QED) is 0.336. The SMILES string of the molecule is OC[C@H]1OC(O)[C@H](O)[C@](O)(CC=Cc2ccc(O)c(O)c2)[C@@H]1O. The fraction of sp³-hybridized carbons (Fsp3) is 0.467. The van der Waals surface area contributed by atoms with Crippen molar-refractivity contribution >= 4 is 6.08 Å². The Kier molecular flexibility index (Phi) is 5.25. The van der Waals surface area contributed by atoms with Gasteiger partial charge in [-0.2, -0.15) is 0 Å². The zero-order valence-electron chi connectivity index (χ0n) is 12.1. The van der Waals surface area contributed by atoms with Crippen molar-refractivity contribution in [3.8, 4) is 11.5 Å². The second-order valence-electron chi connectivity index (χ2n) is 5.48. The summed E-state index contributed by atoms with van der Waals surface area (Å²) in [5.74, 6) is -0.585. The van der Waals surface area contributed by atoms with Crippen molar-refractivity contribution < 1.29 is 40.5 Å². The predicted molar refractivity (Wildman–Crippen MR) is 78.4 cm³/mol. The van der Waals surface area contributed by atoms with Crippen LogP contribution in [0.15, 0.2) is 24.3 Å². The molecule has 0 amide bonds. The molecule has 1 unspecified atom stereocenters. The van der Waals surface area contributed by atoms with Gasteiger partial charge in [0, 0.05) is 0 Å². The molecule has 2 rings (SSSR count). The molecular weight excluding hydrogens is 308 g/mol. The van der Waals surface area contributed by atoms with Crippen LogP contribution >= 0.6 is 0 Å². The topological polar surface area (TPSA) is 151 Å². The highest BCUT2D eigenvalue weighted by molar-refractivity contribution is 5.55. The largest absolute Gasteiger partial charge is 0.504 e. The molecule has 1 aromatic rings. The van der Waals surface area contributed by atoms with E-state index >= 15 is 0 Å². The molecule has 5 atom stereocenters. The molecule has 1 heterocycles. The first kappa shape index (κ1) is 17.7. The van der Waals surface area contributed by atoms with Gasteiger partial charge in [-0.15, -0.1) is 0 Å². The zero-order valence-corrected chi connectivity index (χ0v) is 12.1. The summed E-state index contributed by atoms with van der Waals surface area (Å²) in [6.07, 6.45) is -3.68. The van der Waals surface area contributed by atoms with Gasteiger partial charge in [0.25, 0.3) is 0 Å². The summed E-state index contributed by atoms with van der Waals surface area (Å²) in [6.45, 7) is -0.636. The van der Waals surface area contributed by atoms with Crippen LogP contribution in [-0.2, 0) is 4.74 Å². The summed E-state index contributed by atoms with van der Waals surface area (Å²) < 4.78 is 4.81. The fourth-order valence-electron chi connectivity index (χ4n) is 2.48. The lowest BCUT2D eigenvalue weighted by atomic mass is 9.81. The van der Waals surface area contributed by atoms with Crippen molar-refractivity contribution in [2.45, 2.75) is 36.6 Å². The number of ether oxygens (including phenoxy) is 1. The summed E-state index contributed by atoms with van der Waals surface area (Å²) in [6, 6.07) is 4.09. The average molecular weight is 328 g/mol. The molecule has 1 saturated heterocycles. The number of aromatic hydroxyl groups is 2. The maximum Gasteiger partial charge on any atom is 0.184 e. The van der Waals surface area contributed by atoms with Gasteiger partial charge in [-0.1, -0.05) is 18.2 Å². The van der Waals surface area contributed by atoms with Gasteiger partial charge in [0.05, 0.1) is 6.61 Å². The van der Waals surface area contributed by atoms with Crippen LogP contribution in [0.25, 0.3) is 6.08 Å². The van der Waals surface area contributed by atoms with Crippen LogP contribution in [0.1, 0.15) is 12.0 Å². The van der Waals surface area contributed by atoms with Crippen molar-refractivity contribution in [2.75, 3.05) is 6.61 Å². The maximum atomic E-state index is 10.5. The van der Waals surface area contributed by atoms with Crippen LogP contribution in [0.3, 0.4) is 0 Å². The lowest BCUT2D eigenvalue weighted by Crippen LogP contribution is -2.66. The Morgan fingerprint density at radius 3 is 2.39 bits per heavy atom. The number of aliphatic hydroxyl groups is 5. The van der Waals surface area contributed by atoms with Gasteiger partial charge >= 0.3 is 0 Å². The minimum absolute atomic E-state index is 0.242. The van der Waals surface area contributed by atoms with Crippen molar-refractivity contribution in [2.24, 2.45) is 0 Å². The molecule has 0 radical (unpaired) electrons. The van der Waals surface area contributed by atoms with Gasteiger partial charge in [0.1, 0.15) is 23.9 Å². The summed E-state index contributed by atoms with van der Waals surface area (Å²) in [7, 11) is 0. The molecule has 1 aliphatic heterocycles. The maximum absolute atomic E-state index is 10.5. The minimum atomic E-state index is -2.11. The number of phenolic OH excluding ortho intramolecular Hbond substituents is 2. The van der Waals surface area contributed by atoms with E-state index in [9.17, 15) is 30.6 Å². The third kappa shape index (κ3) is 3.47. The lowest BCUT2D eigenvalue weighted by molar-refractivity contribution is -0.320. The van der Waals surface area contributed by atoms with Gasteiger partial charge in [0.15, 0.2) is 17.8 Å². The summed E-state index contributed by atoms with van der Waals surface area (Å²) in [5, 5.41) is 67.7. The number of aliphatic hydroxyl groups excluding tert-OH is 4. The molecule has 0 aliphatic carbocycles. The molecule has 128 valence electrons. The van der Waals surface area contributed by atoms with Crippen LogP contribution in [0.4, 0.5) is 0 Å². The van der Waals surface area contributed by atoms with E-state index in [-0.39, 0.29) is 17.9 Å². The molecular formula is C15H20O8. The smallest absolute Gasteiger partial charge is 0.184 e. The molecule has 1 aromatic carbocycles. The minimum Gasteiger partial charge on any atom is -0.504 e. The van der Waals surface area contributed by atoms with E-state index in [0.717, 1.165) is 0 Å². The standard InChI is InChI=1S/C15H20O8/c16-7-11-12(19)15(22,13(20)14(21)23-11)5-1-2-8-3-4-9(17)10(18)6-8/h1-4,6,11-14,16-22H,5,7H2/t11-,12-,13+,14?,15+/m1/s1. The number of phenols is 2. The summed E-state index contributed by atoms with van der Waals surface area (Å²) in [4.78, 5) is 0. The van der Waals surface area contributed by atoms with E-state index in [1.807, 2.05) is 0 Å². The molecule has 23 heavy (non-hydrogen) atoms. The molecule has 1 aliphatic rings. The van der Waals surface area contributed by atoms with E-state index in [0.29, 0.717) is 5.56 Å². The summed E-state index contributed by atoms with van der Waals surface area (Å²) >= 11 is 0. The van der Waals surface area contributed by atoms with Crippen LogP contribution in [0.5, 0.6) is 11.5 Å². The molecule has 0 spiro atoms. The van der Waals surface area contributed by atoms with Gasteiger partial charge in [-0.05, 0) is 24.1 Å². The molecule has 1 fully saturated rings. The predicted octanol–water partition coefficient (Wildman–Crippen LogP) is -1.34. The number of hydrogen-bond acceptors (Lipinski definition) is 8. The van der Waals surface area contributed by atoms with Crippen LogP contribution < -0.4 is 0 Å². The number of hydrogen-bond donors (Lipinski definition) is 7. The van der Waals surface area contributed by atoms with E-state index < -0.39 is 36.8 Å². The Bertz CT molecular complexity index is 575. The van der Waals surface area contributed by atoms with Crippen LogP contribution in [-0.4, -0.2) is 72.6 Å². The highest BCUT2D eigenvalue weighted by atomic mass is 16.6. The molecule has 0 bridgehead atoms. The molecule has 8 heteroatoms. The average Bonchev–Trinajstić information content (AvgIpc) is 2.52. The Hall–Kier alpha value is -1.68. The van der Waals surface area contributed by atoms with Crippen molar-refractivity contribution in [3.63, 3.8) is 0 Å². The Balaban J connectivity index is 2.15. The second-order valence-corrected chi connectivity index (χ2v) is 5.48. The first-order valence-electron chi connectivity index (χ1n) is 7.01. The third-order valence-corrected chi connectivity index (χ3v) is 3.90.